The zero-order valence-electron chi connectivity index (χ0n) is 12.2. The van der Waals surface area contributed by atoms with E-state index < -0.39 is 0 Å². The highest BCUT2D eigenvalue weighted by atomic mass is 35.5. The van der Waals surface area contributed by atoms with E-state index in [-0.39, 0.29) is 23.7 Å². The molecule has 4 heteroatoms. The molecular weight excluding hydrogens is 260 g/mol. The van der Waals surface area contributed by atoms with Crippen molar-refractivity contribution in [1.29, 1.82) is 0 Å². The maximum absolute atomic E-state index is 12.2. The van der Waals surface area contributed by atoms with Crippen LogP contribution in [0.4, 0.5) is 0 Å². The third-order valence-corrected chi connectivity index (χ3v) is 4.71. The van der Waals surface area contributed by atoms with Crippen molar-refractivity contribution >= 4 is 18.3 Å². The van der Waals surface area contributed by atoms with E-state index in [9.17, 15) is 4.79 Å². The van der Waals surface area contributed by atoms with Crippen molar-refractivity contribution < 1.29 is 4.79 Å². The van der Waals surface area contributed by atoms with Crippen LogP contribution in [0.1, 0.15) is 58.3 Å². The van der Waals surface area contributed by atoms with Crippen molar-refractivity contribution in [3.63, 3.8) is 0 Å². The quantitative estimate of drug-likeness (QED) is 0.835. The van der Waals surface area contributed by atoms with Gasteiger partial charge in [-0.25, -0.2) is 0 Å². The lowest BCUT2D eigenvalue weighted by Crippen LogP contribution is -2.48. The molecule has 0 aromatic rings. The topological polar surface area (TPSA) is 41.1 Å². The van der Waals surface area contributed by atoms with Crippen LogP contribution in [0.2, 0.25) is 0 Å². The summed E-state index contributed by atoms with van der Waals surface area (Å²) in [6.07, 6.45) is 10.2. The Kier molecular flexibility index (Phi) is 7.16. The van der Waals surface area contributed by atoms with Crippen LogP contribution in [-0.4, -0.2) is 25.5 Å². The highest BCUT2D eigenvalue weighted by Crippen LogP contribution is 2.27. The molecule has 0 spiro atoms. The molecule has 1 atom stereocenters. The standard InChI is InChI=1S/C15H28N2O.ClH/c1-15(9-5-10-16-12-15)14(18)17-11-8-13-6-3-2-4-7-13;/h13,16H,2-12H2,1H3,(H,17,18);1H. The summed E-state index contributed by atoms with van der Waals surface area (Å²) in [7, 11) is 0. The average Bonchev–Trinajstić information content (AvgIpc) is 2.41. The molecule has 0 aromatic carbocycles. The maximum atomic E-state index is 12.2. The monoisotopic (exact) mass is 288 g/mol. The molecule has 1 saturated heterocycles. The molecule has 1 amide bonds. The predicted octanol–water partition coefficient (Wildman–Crippen LogP) is 2.88. The summed E-state index contributed by atoms with van der Waals surface area (Å²) in [5.74, 6) is 1.11. The summed E-state index contributed by atoms with van der Waals surface area (Å²) in [6, 6.07) is 0. The number of carbonyl (C=O) groups is 1. The Balaban J connectivity index is 0.00000180. The molecule has 2 N–H and O–H groups in total. The van der Waals surface area contributed by atoms with Crippen LogP contribution < -0.4 is 10.6 Å². The van der Waals surface area contributed by atoms with E-state index in [0.717, 1.165) is 38.4 Å². The number of halogens is 1. The summed E-state index contributed by atoms with van der Waals surface area (Å²) in [6.45, 7) is 4.86. The minimum absolute atomic E-state index is 0. The largest absolute Gasteiger partial charge is 0.356 e. The van der Waals surface area contributed by atoms with E-state index in [1.807, 2.05) is 0 Å². The molecule has 1 saturated carbocycles. The molecule has 1 unspecified atom stereocenters. The van der Waals surface area contributed by atoms with Gasteiger partial charge in [0.1, 0.15) is 0 Å². The van der Waals surface area contributed by atoms with Gasteiger partial charge in [0, 0.05) is 13.1 Å². The van der Waals surface area contributed by atoms with E-state index in [4.69, 9.17) is 0 Å². The lowest BCUT2D eigenvalue weighted by Gasteiger charge is -2.33. The van der Waals surface area contributed by atoms with Gasteiger partial charge in [0.05, 0.1) is 5.41 Å². The Morgan fingerprint density at radius 3 is 2.63 bits per heavy atom. The molecule has 1 aliphatic heterocycles. The molecule has 0 radical (unpaired) electrons. The number of hydrogen-bond donors (Lipinski definition) is 2. The lowest BCUT2D eigenvalue weighted by molar-refractivity contribution is -0.131. The third kappa shape index (κ3) is 4.96. The smallest absolute Gasteiger partial charge is 0.227 e. The van der Waals surface area contributed by atoms with Gasteiger partial charge >= 0.3 is 0 Å². The molecular formula is C15H29ClN2O. The first-order valence-electron chi connectivity index (χ1n) is 7.70. The van der Waals surface area contributed by atoms with Crippen LogP contribution in [0, 0.1) is 11.3 Å². The number of carbonyl (C=O) groups excluding carboxylic acids is 1. The second-order valence-electron chi connectivity index (χ2n) is 6.39. The normalized spacial score (nSPS) is 28.5. The molecule has 0 aromatic heterocycles. The molecule has 3 nitrogen and oxygen atoms in total. The van der Waals surface area contributed by atoms with Crippen molar-refractivity contribution in [2.75, 3.05) is 19.6 Å². The number of hydrogen-bond acceptors (Lipinski definition) is 2. The minimum Gasteiger partial charge on any atom is -0.356 e. The molecule has 2 rings (SSSR count). The van der Waals surface area contributed by atoms with Crippen LogP contribution in [0.5, 0.6) is 0 Å². The Bertz CT molecular complexity index is 271. The summed E-state index contributed by atoms with van der Waals surface area (Å²) >= 11 is 0. The van der Waals surface area contributed by atoms with Crippen LogP contribution in [0.15, 0.2) is 0 Å². The van der Waals surface area contributed by atoms with Crippen molar-refractivity contribution in [2.45, 2.75) is 58.3 Å². The van der Waals surface area contributed by atoms with Crippen molar-refractivity contribution in [3.05, 3.63) is 0 Å². The van der Waals surface area contributed by atoms with Gasteiger partial charge in [-0.15, -0.1) is 12.4 Å². The zero-order chi connectivity index (χ0) is 12.8. The van der Waals surface area contributed by atoms with Gasteiger partial charge in [0.25, 0.3) is 0 Å². The van der Waals surface area contributed by atoms with Crippen LogP contribution in [-0.2, 0) is 4.79 Å². The highest BCUT2D eigenvalue weighted by Gasteiger charge is 2.34. The molecule has 2 fully saturated rings. The SMILES string of the molecule is CC1(C(=O)NCCC2CCCCC2)CCCNC1.Cl. The Morgan fingerprint density at radius 1 is 1.26 bits per heavy atom. The van der Waals surface area contributed by atoms with Crippen molar-refractivity contribution in [1.82, 2.24) is 10.6 Å². The molecule has 0 bridgehead atoms. The predicted molar refractivity (Wildman–Crippen MR) is 81.7 cm³/mol. The summed E-state index contributed by atoms with van der Waals surface area (Å²) in [5.41, 5.74) is -0.176. The third-order valence-electron chi connectivity index (χ3n) is 4.71. The second kappa shape index (κ2) is 8.11. The van der Waals surface area contributed by atoms with E-state index in [0.29, 0.717) is 0 Å². The highest BCUT2D eigenvalue weighted by molar-refractivity contribution is 5.85. The Morgan fingerprint density at radius 2 is 2.00 bits per heavy atom. The molecule has 1 heterocycles. The summed E-state index contributed by atoms with van der Waals surface area (Å²) in [5, 5.41) is 6.50. The van der Waals surface area contributed by atoms with Gasteiger partial charge in [-0.1, -0.05) is 32.1 Å². The average molecular weight is 289 g/mol. The summed E-state index contributed by atoms with van der Waals surface area (Å²) < 4.78 is 0. The van der Waals surface area contributed by atoms with Crippen molar-refractivity contribution in [2.24, 2.45) is 11.3 Å². The minimum atomic E-state index is -0.176. The van der Waals surface area contributed by atoms with Gasteiger partial charge in [0.2, 0.25) is 5.91 Å². The van der Waals surface area contributed by atoms with Crippen LogP contribution in [0.25, 0.3) is 0 Å². The van der Waals surface area contributed by atoms with Crippen LogP contribution in [0.3, 0.4) is 0 Å². The maximum Gasteiger partial charge on any atom is 0.227 e. The first kappa shape index (κ1) is 16.8. The van der Waals surface area contributed by atoms with E-state index in [1.165, 1.54) is 38.5 Å². The molecule has 19 heavy (non-hydrogen) atoms. The van der Waals surface area contributed by atoms with Crippen LogP contribution >= 0.6 is 12.4 Å². The van der Waals surface area contributed by atoms with Gasteiger partial charge < -0.3 is 10.6 Å². The zero-order valence-corrected chi connectivity index (χ0v) is 13.0. The second-order valence-corrected chi connectivity index (χ2v) is 6.39. The fourth-order valence-electron chi connectivity index (χ4n) is 3.33. The van der Waals surface area contributed by atoms with Gasteiger partial charge in [-0.3, -0.25) is 4.79 Å². The number of rotatable bonds is 4. The summed E-state index contributed by atoms with van der Waals surface area (Å²) in [4.78, 5) is 12.2. The van der Waals surface area contributed by atoms with Gasteiger partial charge in [-0.2, -0.15) is 0 Å². The molecule has 1 aliphatic carbocycles. The van der Waals surface area contributed by atoms with Crippen molar-refractivity contribution in [3.8, 4) is 0 Å². The van der Waals surface area contributed by atoms with E-state index in [1.54, 1.807) is 0 Å². The first-order valence-corrected chi connectivity index (χ1v) is 7.70. The fourth-order valence-corrected chi connectivity index (χ4v) is 3.33. The van der Waals surface area contributed by atoms with E-state index >= 15 is 0 Å². The van der Waals surface area contributed by atoms with Gasteiger partial charge in [-0.05, 0) is 38.6 Å². The van der Waals surface area contributed by atoms with Gasteiger partial charge in [0.15, 0.2) is 0 Å². The van der Waals surface area contributed by atoms with E-state index in [2.05, 4.69) is 17.6 Å². The number of piperidine rings is 1. The number of nitrogens with one attached hydrogen (secondary N) is 2. The molecule has 112 valence electrons. The Labute approximate surface area is 123 Å². The lowest BCUT2D eigenvalue weighted by atomic mass is 9.81. The molecule has 2 aliphatic rings. The Hall–Kier alpha value is -0.280. The fraction of sp³-hybridized carbons (Fsp3) is 0.933. The number of amides is 1. The first-order chi connectivity index (χ1) is 8.71.